The van der Waals surface area contributed by atoms with Gasteiger partial charge in [-0.3, -0.25) is 0 Å². The molecule has 4 rings (SSSR count). The molecule has 4 aromatic rings. The van der Waals surface area contributed by atoms with E-state index in [1.165, 1.54) is 45.7 Å². The zero-order valence-electron chi connectivity index (χ0n) is 12.7. The van der Waals surface area contributed by atoms with Crippen LogP contribution in [0.15, 0.2) is 54.6 Å². The minimum atomic E-state index is 0. The van der Waals surface area contributed by atoms with Crippen molar-refractivity contribution in [1.82, 2.24) is 4.98 Å². The van der Waals surface area contributed by atoms with E-state index in [1.54, 1.807) is 0 Å². The van der Waals surface area contributed by atoms with Crippen molar-refractivity contribution >= 4 is 45.2 Å². The molecule has 0 atom stereocenters. The fourth-order valence-electron chi connectivity index (χ4n) is 3.22. The molecule has 0 radical (unpaired) electrons. The second-order valence-corrected chi connectivity index (χ2v) is 5.64. The highest BCUT2D eigenvalue weighted by Gasteiger charge is 2.19. The van der Waals surface area contributed by atoms with Crippen LogP contribution in [0.4, 0.5) is 0 Å². The van der Waals surface area contributed by atoms with Crippen LogP contribution in [-0.4, -0.2) is 4.98 Å². The van der Waals surface area contributed by atoms with Crippen molar-refractivity contribution in [3.05, 3.63) is 54.6 Å². The van der Waals surface area contributed by atoms with E-state index in [2.05, 4.69) is 71.1 Å². The summed E-state index contributed by atoms with van der Waals surface area (Å²) in [5.74, 6) is 0. The molecule has 3 heteroatoms. The van der Waals surface area contributed by atoms with Gasteiger partial charge in [0.05, 0.1) is 10.9 Å². The number of unbranched alkanes of at least 4 members (excludes halogenated alkanes) is 1. The highest BCUT2D eigenvalue weighted by molar-refractivity contribution is 6.05. The van der Waals surface area contributed by atoms with E-state index in [1.807, 2.05) is 0 Å². The number of hydrogen-bond donors (Lipinski definition) is 1. The number of H-pyrrole nitrogens is 1. The van der Waals surface area contributed by atoms with E-state index in [4.69, 9.17) is 0 Å². The van der Waals surface area contributed by atoms with Gasteiger partial charge in [-0.2, -0.15) is 4.57 Å². The van der Waals surface area contributed by atoms with Crippen molar-refractivity contribution in [1.29, 1.82) is 0 Å². The van der Waals surface area contributed by atoms with Gasteiger partial charge < -0.3 is 4.98 Å². The minimum Gasteiger partial charge on any atom is -0.349 e. The van der Waals surface area contributed by atoms with Crippen LogP contribution in [-0.2, 0) is 6.54 Å². The number of benzene rings is 2. The van der Waals surface area contributed by atoms with E-state index in [0.717, 1.165) is 6.54 Å². The number of rotatable bonds is 3. The first-order valence-electron chi connectivity index (χ1n) is 7.70. The summed E-state index contributed by atoms with van der Waals surface area (Å²) in [7, 11) is 0. The van der Waals surface area contributed by atoms with Gasteiger partial charge in [0, 0.05) is 17.9 Å². The lowest BCUT2D eigenvalue weighted by Gasteiger charge is -2.03. The zero-order valence-corrected chi connectivity index (χ0v) is 13.5. The largest absolute Gasteiger partial charge is 0.349 e. The minimum absolute atomic E-state index is 0. The van der Waals surface area contributed by atoms with Gasteiger partial charge in [0.2, 0.25) is 11.0 Å². The van der Waals surface area contributed by atoms with Crippen LogP contribution in [0.2, 0.25) is 0 Å². The quantitative estimate of drug-likeness (QED) is 0.515. The normalized spacial score (nSPS) is 11.1. The highest BCUT2D eigenvalue weighted by atomic mass is 35.5. The number of nitrogens with one attached hydrogen (secondary N) is 1. The molecule has 2 heterocycles. The molecule has 2 aromatic heterocycles. The number of fused-ring (bicyclic) bond motifs is 4. The fraction of sp³-hybridized carbons (Fsp3) is 0.211. The maximum absolute atomic E-state index is 3.57. The summed E-state index contributed by atoms with van der Waals surface area (Å²) in [5, 5.41) is 2.61. The first-order valence-corrected chi connectivity index (χ1v) is 7.70. The summed E-state index contributed by atoms with van der Waals surface area (Å²) in [4.78, 5) is 3.57. The Morgan fingerprint density at radius 2 is 1.73 bits per heavy atom. The van der Waals surface area contributed by atoms with Gasteiger partial charge in [0.1, 0.15) is 12.1 Å². The van der Waals surface area contributed by atoms with Crippen molar-refractivity contribution in [2.75, 3.05) is 0 Å². The SMILES string of the molecule is CCCC[n+]1c2ccccc2cc2[nH]c3ccccc3c21.Cl. The van der Waals surface area contributed by atoms with Crippen molar-refractivity contribution in [2.24, 2.45) is 0 Å². The summed E-state index contributed by atoms with van der Waals surface area (Å²) < 4.78 is 2.48. The number of aryl methyl sites for hydroxylation is 1. The van der Waals surface area contributed by atoms with Crippen LogP contribution in [0, 0.1) is 0 Å². The molecule has 2 nitrogen and oxygen atoms in total. The molecule has 0 bridgehead atoms. The molecule has 2 aromatic carbocycles. The van der Waals surface area contributed by atoms with Gasteiger partial charge in [0.25, 0.3) is 0 Å². The molecule has 0 amide bonds. The van der Waals surface area contributed by atoms with E-state index in [9.17, 15) is 0 Å². The standard InChI is InChI=1S/C19H18N2.ClH/c1-2-3-12-21-18-11-7-4-8-14(18)13-17-19(21)15-9-5-6-10-16(15)20-17;/h4-11,13H,2-3,12H2,1H3;1H/p+1. The van der Waals surface area contributed by atoms with Gasteiger partial charge in [-0.05, 0) is 24.3 Å². The monoisotopic (exact) mass is 311 g/mol. The summed E-state index contributed by atoms with van der Waals surface area (Å²) >= 11 is 0. The maximum Gasteiger partial charge on any atom is 0.238 e. The second-order valence-electron chi connectivity index (χ2n) is 5.64. The molecule has 0 aliphatic carbocycles. The molecule has 0 aliphatic rings. The highest BCUT2D eigenvalue weighted by Crippen LogP contribution is 2.25. The Labute approximate surface area is 136 Å². The number of halogens is 1. The molecular weight excluding hydrogens is 292 g/mol. The fourth-order valence-corrected chi connectivity index (χ4v) is 3.22. The molecule has 0 fully saturated rings. The summed E-state index contributed by atoms with van der Waals surface area (Å²) in [6, 6.07) is 19.5. The van der Waals surface area contributed by atoms with E-state index >= 15 is 0 Å². The average molecular weight is 312 g/mol. The topological polar surface area (TPSA) is 19.7 Å². The first kappa shape index (κ1) is 14.9. The van der Waals surface area contributed by atoms with Crippen LogP contribution in [0.25, 0.3) is 32.8 Å². The maximum atomic E-state index is 3.57. The molecule has 0 saturated carbocycles. The molecular formula is C19H20ClN2+. The van der Waals surface area contributed by atoms with Crippen LogP contribution >= 0.6 is 12.4 Å². The van der Waals surface area contributed by atoms with Gasteiger partial charge in [0.15, 0.2) is 0 Å². The second kappa shape index (κ2) is 5.98. The van der Waals surface area contributed by atoms with Crippen LogP contribution in [0.5, 0.6) is 0 Å². The third kappa shape index (κ3) is 2.24. The first-order chi connectivity index (χ1) is 10.4. The Hall–Kier alpha value is -2.06. The zero-order chi connectivity index (χ0) is 14.2. The molecule has 112 valence electrons. The molecule has 0 unspecified atom stereocenters. The van der Waals surface area contributed by atoms with Crippen LogP contribution < -0.4 is 4.57 Å². The predicted octanol–water partition coefficient (Wildman–Crippen LogP) is 4.98. The summed E-state index contributed by atoms with van der Waals surface area (Å²) in [5.41, 5.74) is 5.10. The number of pyridine rings is 1. The number of aromatic amines is 1. The Balaban J connectivity index is 0.00000144. The lowest BCUT2D eigenvalue weighted by Crippen LogP contribution is -2.35. The molecule has 0 spiro atoms. The number of para-hydroxylation sites is 2. The van der Waals surface area contributed by atoms with Crippen molar-refractivity contribution in [3.63, 3.8) is 0 Å². The van der Waals surface area contributed by atoms with Crippen molar-refractivity contribution < 1.29 is 4.57 Å². The molecule has 0 saturated heterocycles. The Morgan fingerprint density at radius 3 is 2.59 bits per heavy atom. The van der Waals surface area contributed by atoms with Gasteiger partial charge in [-0.15, -0.1) is 12.4 Å². The summed E-state index contributed by atoms with van der Waals surface area (Å²) in [6.07, 6.45) is 2.41. The van der Waals surface area contributed by atoms with Crippen LogP contribution in [0.1, 0.15) is 19.8 Å². The van der Waals surface area contributed by atoms with Crippen molar-refractivity contribution in [2.45, 2.75) is 26.3 Å². The number of nitrogens with zero attached hydrogens (tertiary/aromatic N) is 1. The third-order valence-corrected chi connectivity index (χ3v) is 4.24. The van der Waals surface area contributed by atoms with E-state index in [-0.39, 0.29) is 12.4 Å². The van der Waals surface area contributed by atoms with Crippen molar-refractivity contribution in [3.8, 4) is 0 Å². The Bertz CT molecular complexity index is 940. The van der Waals surface area contributed by atoms with E-state index in [0.29, 0.717) is 0 Å². The predicted molar refractivity (Wildman–Crippen MR) is 95.7 cm³/mol. The molecule has 1 N–H and O–H groups in total. The third-order valence-electron chi connectivity index (χ3n) is 4.24. The lowest BCUT2D eigenvalue weighted by molar-refractivity contribution is -0.645. The molecule has 22 heavy (non-hydrogen) atoms. The van der Waals surface area contributed by atoms with E-state index < -0.39 is 0 Å². The Morgan fingerprint density at radius 1 is 0.955 bits per heavy atom. The summed E-state index contributed by atoms with van der Waals surface area (Å²) in [6.45, 7) is 3.31. The van der Waals surface area contributed by atoms with Gasteiger partial charge >= 0.3 is 0 Å². The Kier molecular flexibility index (Phi) is 4.04. The average Bonchev–Trinajstić information content (AvgIpc) is 2.89. The number of hydrogen-bond acceptors (Lipinski definition) is 0. The smallest absolute Gasteiger partial charge is 0.238 e. The lowest BCUT2D eigenvalue weighted by atomic mass is 10.1. The van der Waals surface area contributed by atoms with Crippen LogP contribution in [0.3, 0.4) is 0 Å². The number of aromatic nitrogens is 2. The van der Waals surface area contributed by atoms with Gasteiger partial charge in [-0.25, -0.2) is 0 Å². The van der Waals surface area contributed by atoms with Gasteiger partial charge in [-0.1, -0.05) is 37.6 Å². The molecule has 0 aliphatic heterocycles.